The van der Waals surface area contributed by atoms with Crippen LogP contribution < -0.4 is 10.1 Å². The van der Waals surface area contributed by atoms with Gasteiger partial charge in [-0.2, -0.15) is 0 Å². The van der Waals surface area contributed by atoms with Gasteiger partial charge in [0.2, 0.25) is 0 Å². The third-order valence-electron chi connectivity index (χ3n) is 4.56. The Bertz CT molecular complexity index is 737. The van der Waals surface area contributed by atoms with Crippen molar-refractivity contribution >= 4 is 22.5 Å². The lowest BCUT2D eigenvalue weighted by molar-refractivity contribution is -0.140. The number of hydrogen-bond donors (Lipinski definition) is 1. The van der Waals surface area contributed by atoms with Gasteiger partial charge in [-0.05, 0) is 50.5 Å². The van der Waals surface area contributed by atoms with E-state index in [4.69, 9.17) is 9.47 Å². The van der Waals surface area contributed by atoms with Crippen LogP contribution in [0, 0.1) is 0 Å². The quantitative estimate of drug-likeness (QED) is 0.578. The van der Waals surface area contributed by atoms with Gasteiger partial charge in [-0.3, -0.25) is 9.78 Å². The Balaban J connectivity index is 2.29. The van der Waals surface area contributed by atoms with Crippen LogP contribution >= 0.6 is 0 Å². The molecule has 1 heterocycles. The fraction of sp³-hybridized carbons (Fsp3) is 0.545. The highest BCUT2D eigenvalue weighted by Crippen LogP contribution is 2.31. The summed E-state index contributed by atoms with van der Waals surface area (Å²) >= 11 is 0. The highest BCUT2D eigenvalue weighted by Gasteiger charge is 2.33. The van der Waals surface area contributed by atoms with E-state index in [1.165, 1.54) is 0 Å². The molecular formula is C22H32N2O3. The molecule has 5 nitrogen and oxygen atoms in total. The van der Waals surface area contributed by atoms with E-state index in [1.54, 1.807) is 6.20 Å². The molecule has 2 rings (SSSR count). The number of aromatic nitrogens is 1. The highest BCUT2D eigenvalue weighted by atomic mass is 16.5. The Morgan fingerprint density at radius 1 is 1.11 bits per heavy atom. The summed E-state index contributed by atoms with van der Waals surface area (Å²) in [6.45, 7) is 9.32. The van der Waals surface area contributed by atoms with Gasteiger partial charge in [0.05, 0.1) is 12.3 Å². The molecule has 0 radical (unpaired) electrons. The summed E-state index contributed by atoms with van der Waals surface area (Å²) in [7, 11) is 0. The third-order valence-corrected chi connectivity index (χ3v) is 4.56. The number of benzene rings is 1. The Morgan fingerprint density at radius 3 is 2.59 bits per heavy atom. The maximum Gasteiger partial charge on any atom is 0.256 e. The predicted molar refractivity (Wildman–Crippen MR) is 110 cm³/mol. The average Bonchev–Trinajstić information content (AvgIpc) is 2.70. The van der Waals surface area contributed by atoms with Crippen LogP contribution in [0.5, 0.6) is 5.75 Å². The van der Waals surface area contributed by atoms with Gasteiger partial charge >= 0.3 is 0 Å². The molecule has 0 aliphatic rings. The zero-order valence-electron chi connectivity index (χ0n) is 17.0. The number of anilines is 1. The predicted octanol–water partition coefficient (Wildman–Crippen LogP) is 5.34. The Hall–Kier alpha value is -2.14. The van der Waals surface area contributed by atoms with Crippen LogP contribution in [0.4, 0.5) is 5.69 Å². The number of nitrogens with one attached hydrogen (secondary N) is 1. The van der Waals surface area contributed by atoms with E-state index in [0.717, 1.165) is 48.0 Å². The van der Waals surface area contributed by atoms with Crippen molar-refractivity contribution in [2.24, 2.45) is 0 Å². The molecule has 2 aromatic rings. The standard InChI is InChI=1S/C22H32N2O3/c1-5-8-13-22(4,27-16-7-3)21(25)24-18-11-12-19(26-15-6-2)20-17(18)10-9-14-23-20/h9-12,14H,5-8,13,15-16H2,1-4H3,(H,24,25)/t22-/m0/s1. The first-order valence-corrected chi connectivity index (χ1v) is 10.0. The van der Waals surface area contributed by atoms with Gasteiger partial charge in [-0.25, -0.2) is 0 Å². The largest absolute Gasteiger partial charge is 0.491 e. The normalized spacial score (nSPS) is 13.3. The molecule has 27 heavy (non-hydrogen) atoms. The van der Waals surface area contributed by atoms with E-state index in [9.17, 15) is 4.79 Å². The van der Waals surface area contributed by atoms with Gasteiger partial charge in [0.15, 0.2) is 0 Å². The first-order chi connectivity index (χ1) is 13.1. The maximum absolute atomic E-state index is 13.1. The highest BCUT2D eigenvalue weighted by molar-refractivity contribution is 6.05. The topological polar surface area (TPSA) is 60.5 Å². The number of pyridine rings is 1. The molecule has 1 aromatic heterocycles. The van der Waals surface area contributed by atoms with Gasteiger partial charge in [0.1, 0.15) is 16.9 Å². The molecule has 1 amide bonds. The zero-order chi connectivity index (χ0) is 19.7. The molecule has 0 bridgehead atoms. The Morgan fingerprint density at radius 2 is 1.89 bits per heavy atom. The van der Waals surface area contributed by atoms with Crippen LogP contribution in [0.1, 0.15) is 59.8 Å². The number of unbranched alkanes of at least 4 members (excludes halogenated alkanes) is 1. The lowest BCUT2D eigenvalue weighted by atomic mass is 9.97. The molecule has 1 atom stereocenters. The average molecular weight is 373 g/mol. The second-order valence-corrected chi connectivity index (χ2v) is 7.00. The third kappa shape index (κ3) is 5.42. The number of rotatable bonds is 11. The Labute approximate surface area is 162 Å². The molecule has 0 saturated carbocycles. The fourth-order valence-corrected chi connectivity index (χ4v) is 2.93. The van der Waals surface area contributed by atoms with Crippen molar-refractivity contribution in [2.75, 3.05) is 18.5 Å². The van der Waals surface area contributed by atoms with Gasteiger partial charge in [-0.1, -0.05) is 33.6 Å². The van der Waals surface area contributed by atoms with Gasteiger partial charge in [-0.15, -0.1) is 0 Å². The number of fused-ring (bicyclic) bond motifs is 1. The van der Waals surface area contributed by atoms with Gasteiger partial charge < -0.3 is 14.8 Å². The number of hydrogen-bond acceptors (Lipinski definition) is 4. The van der Waals surface area contributed by atoms with Crippen LogP contribution in [-0.4, -0.2) is 29.7 Å². The molecule has 1 aromatic carbocycles. The van der Waals surface area contributed by atoms with E-state index >= 15 is 0 Å². The van der Waals surface area contributed by atoms with Gasteiger partial charge in [0, 0.05) is 18.2 Å². The summed E-state index contributed by atoms with van der Waals surface area (Å²) < 4.78 is 11.8. The van der Waals surface area contributed by atoms with E-state index in [2.05, 4.69) is 24.1 Å². The number of carbonyl (C=O) groups excluding carboxylic acids is 1. The van der Waals surface area contributed by atoms with Crippen LogP contribution in [0.15, 0.2) is 30.5 Å². The van der Waals surface area contributed by atoms with Crippen molar-refractivity contribution in [3.63, 3.8) is 0 Å². The number of amides is 1. The first-order valence-electron chi connectivity index (χ1n) is 10.0. The van der Waals surface area contributed by atoms with Crippen LogP contribution in [-0.2, 0) is 9.53 Å². The molecular weight excluding hydrogens is 340 g/mol. The smallest absolute Gasteiger partial charge is 0.256 e. The van der Waals surface area contributed by atoms with Gasteiger partial charge in [0.25, 0.3) is 5.91 Å². The minimum Gasteiger partial charge on any atom is -0.491 e. The molecule has 0 unspecified atom stereocenters. The lowest BCUT2D eigenvalue weighted by Gasteiger charge is -2.29. The minimum atomic E-state index is -0.835. The fourth-order valence-electron chi connectivity index (χ4n) is 2.93. The summed E-state index contributed by atoms with van der Waals surface area (Å²) in [5, 5.41) is 3.94. The molecule has 5 heteroatoms. The second-order valence-electron chi connectivity index (χ2n) is 7.00. The van der Waals surface area contributed by atoms with Crippen molar-refractivity contribution in [1.29, 1.82) is 0 Å². The molecule has 0 saturated heterocycles. The first kappa shape index (κ1) is 21.2. The molecule has 1 N–H and O–H groups in total. The summed E-state index contributed by atoms with van der Waals surface area (Å²) in [6, 6.07) is 7.57. The number of nitrogens with zero attached hydrogens (tertiary/aromatic N) is 1. The molecule has 148 valence electrons. The summed E-state index contributed by atoms with van der Waals surface area (Å²) in [6.07, 6.45) is 6.21. The van der Waals surface area contributed by atoms with Crippen molar-refractivity contribution < 1.29 is 14.3 Å². The lowest BCUT2D eigenvalue weighted by Crippen LogP contribution is -2.43. The van der Waals surface area contributed by atoms with E-state index in [1.807, 2.05) is 38.1 Å². The number of ether oxygens (including phenoxy) is 2. The molecule has 0 spiro atoms. The van der Waals surface area contributed by atoms with Crippen LogP contribution in [0.2, 0.25) is 0 Å². The summed E-state index contributed by atoms with van der Waals surface area (Å²) in [5.41, 5.74) is 0.654. The Kier molecular flexibility index (Phi) is 8.04. The monoisotopic (exact) mass is 372 g/mol. The number of carbonyl (C=O) groups is 1. The van der Waals surface area contributed by atoms with E-state index < -0.39 is 5.60 Å². The maximum atomic E-state index is 13.1. The van der Waals surface area contributed by atoms with Crippen molar-refractivity contribution in [1.82, 2.24) is 4.98 Å². The van der Waals surface area contributed by atoms with Crippen LogP contribution in [0.3, 0.4) is 0 Å². The zero-order valence-corrected chi connectivity index (χ0v) is 17.0. The van der Waals surface area contributed by atoms with Crippen molar-refractivity contribution in [3.8, 4) is 5.75 Å². The van der Waals surface area contributed by atoms with Crippen molar-refractivity contribution in [2.45, 2.75) is 65.4 Å². The van der Waals surface area contributed by atoms with E-state index in [-0.39, 0.29) is 5.91 Å². The van der Waals surface area contributed by atoms with E-state index in [0.29, 0.717) is 19.6 Å². The van der Waals surface area contributed by atoms with Crippen molar-refractivity contribution in [3.05, 3.63) is 30.5 Å². The summed E-state index contributed by atoms with van der Waals surface area (Å²) in [4.78, 5) is 17.5. The van der Waals surface area contributed by atoms with Crippen LogP contribution in [0.25, 0.3) is 10.9 Å². The molecule has 0 aliphatic heterocycles. The second kappa shape index (κ2) is 10.3. The molecule has 0 aliphatic carbocycles. The SMILES string of the molecule is CCCC[C@](C)(OCCC)C(=O)Nc1ccc(OCCC)c2ncccc12. The molecule has 0 fully saturated rings. The summed E-state index contributed by atoms with van der Waals surface area (Å²) in [5.74, 6) is 0.623. The minimum absolute atomic E-state index is 0.114.